The highest BCUT2D eigenvalue weighted by Gasteiger charge is 2.19. The van der Waals surface area contributed by atoms with E-state index in [4.69, 9.17) is 9.47 Å². The fraction of sp³-hybridized carbons (Fsp3) is 0.136. The minimum Gasteiger partial charge on any atom is -0.497 e. The van der Waals surface area contributed by atoms with Crippen LogP contribution in [0.1, 0.15) is 10.5 Å². The van der Waals surface area contributed by atoms with Crippen molar-refractivity contribution in [3.63, 3.8) is 0 Å². The molecule has 3 rings (SSSR count). The molecule has 1 amide bonds. The van der Waals surface area contributed by atoms with Crippen LogP contribution in [0, 0.1) is 0 Å². The minimum atomic E-state index is -0.638. The molecule has 0 aliphatic rings. The number of carbonyl (C=O) groups excluding carboxylic acids is 2. The molecule has 148 valence electrons. The lowest BCUT2D eigenvalue weighted by Crippen LogP contribution is -2.34. The van der Waals surface area contributed by atoms with Crippen molar-refractivity contribution in [1.82, 2.24) is 4.98 Å². The number of methoxy groups -OCH3 is 1. The zero-order chi connectivity index (χ0) is 20.6. The summed E-state index contributed by atoms with van der Waals surface area (Å²) in [6.07, 6.45) is 1.62. The normalized spacial score (nSPS) is 10.2. The average Bonchev–Trinajstić information content (AvgIpc) is 3.26. The molecule has 6 nitrogen and oxygen atoms in total. The van der Waals surface area contributed by atoms with E-state index in [9.17, 15) is 9.59 Å². The van der Waals surface area contributed by atoms with Gasteiger partial charge in [0, 0.05) is 23.2 Å². The summed E-state index contributed by atoms with van der Waals surface area (Å²) < 4.78 is 10.3. The molecule has 2 aromatic carbocycles. The first-order valence-electron chi connectivity index (χ1n) is 8.85. The summed E-state index contributed by atoms with van der Waals surface area (Å²) in [6.45, 7) is 3.62. The lowest BCUT2D eigenvalue weighted by atomic mass is 10.2. The van der Waals surface area contributed by atoms with Crippen LogP contribution in [0.5, 0.6) is 5.75 Å². The van der Waals surface area contributed by atoms with Gasteiger partial charge >= 0.3 is 5.97 Å². The van der Waals surface area contributed by atoms with Crippen molar-refractivity contribution in [2.75, 3.05) is 25.2 Å². The molecule has 1 aromatic heterocycles. The van der Waals surface area contributed by atoms with Crippen molar-refractivity contribution < 1.29 is 19.1 Å². The van der Waals surface area contributed by atoms with E-state index in [1.165, 1.54) is 16.2 Å². The number of nitrogens with zero attached hydrogens (tertiary/aromatic N) is 2. The Morgan fingerprint density at radius 2 is 1.86 bits per heavy atom. The second-order valence-corrected chi connectivity index (χ2v) is 6.83. The number of hydrogen-bond acceptors (Lipinski definition) is 6. The summed E-state index contributed by atoms with van der Waals surface area (Å²) >= 11 is 1.33. The quantitative estimate of drug-likeness (QED) is 0.413. The number of ether oxygens (including phenoxy) is 2. The third-order valence-electron chi connectivity index (χ3n) is 4.06. The van der Waals surface area contributed by atoms with Crippen molar-refractivity contribution in [3.05, 3.63) is 78.3 Å². The molecule has 0 atom stereocenters. The molecule has 1 heterocycles. The fourth-order valence-electron chi connectivity index (χ4n) is 2.60. The van der Waals surface area contributed by atoms with E-state index >= 15 is 0 Å². The monoisotopic (exact) mass is 408 g/mol. The molecule has 0 saturated carbocycles. The minimum absolute atomic E-state index is 0.170. The third-order valence-corrected chi connectivity index (χ3v) is 4.95. The Hall–Kier alpha value is -3.45. The van der Waals surface area contributed by atoms with Gasteiger partial charge in [0.25, 0.3) is 5.91 Å². The van der Waals surface area contributed by atoms with Crippen LogP contribution >= 0.6 is 11.3 Å². The summed E-state index contributed by atoms with van der Waals surface area (Å²) in [5.41, 5.74) is 1.75. The van der Waals surface area contributed by atoms with Gasteiger partial charge in [-0.2, -0.15) is 0 Å². The van der Waals surface area contributed by atoms with Gasteiger partial charge in [-0.1, -0.05) is 24.3 Å². The number of aromatic nitrogens is 1. The van der Waals surface area contributed by atoms with Crippen LogP contribution in [0.2, 0.25) is 0 Å². The highest BCUT2D eigenvalue weighted by atomic mass is 32.1. The third kappa shape index (κ3) is 5.08. The first-order valence-corrected chi connectivity index (χ1v) is 9.73. The van der Waals surface area contributed by atoms with Gasteiger partial charge in [0.1, 0.15) is 10.8 Å². The fourth-order valence-corrected chi connectivity index (χ4v) is 3.40. The molecule has 0 spiro atoms. The predicted molar refractivity (Wildman–Crippen MR) is 113 cm³/mol. The van der Waals surface area contributed by atoms with Crippen molar-refractivity contribution in [1.29, 1.82) is 0 Å². The highest BCUT2D eigenvalue weighted by Crippen LogP contribution is 2.26. The average molecular weight is 408 g/mol. The molecular formula is C22H20N2O4S. The number of para-hydroxylation sites is 1. The van der Waals surface area contributed by atoms with E-state index in [-0.39, 0.29) is 18.2 Å². The summed E-state index contributed by atoms with van der Waals surface area (Å²) in [6, 6.07) is 16.5. The Kier molecular flexibility index (Phi) is 6.76. The van der Waals surface area contributed by atoms with E-state index in [1.54, 1.807) is 18.6 Å². The molecule has 0 aliphatic carbocycles. The van der Waals surface area contributed by atoms with Crippen molar-refractivity contribution in [2.24, 2.45) is 0 Å². The molecular weight excluding hydrogens is 388 g/mol. The molecule has 0 bridgehead atoms. The predicted octanol–water partition coefficient (Wildman–Crippen LogP) is 4.19. The molecule has 0 fully saturated rings. The molecule has 3 aromatic rings. The van der Waals surface area contributed by atoms with Crippen LogP contribution in [0.4, 0.5) is 5.69 Å². The first-order chi connectivity index (χ1) is 14.1. The van der Waals surface area contributed by atoms with E-state index < -0.39 is 5.97 Å². The SMILES string of the molecule is C=CCN(C(=O)COC(=O)c1csc(-c2ccc(OC)cc2)n1)c1ccccc1. The zero-order valence-electron chi connectivity index (χ0n) is 15.9. The Morgan fingerprint density at radius 3 is 2.52 bits per heavy atom. The number of benzene rings is 2. The Bertz CT molecular complexity index is 984. The molecule has 7 heteroatoms. The topological polar surface area (TPSA) is 68.7 Å². The van der Waals surface area contributed by atoms with Crippen molar-refractivity contribution in [3.8, 4) is 16.3 Å². The number of rotatable bonds is 8. The number of hydrogen-bond donors (Lipinski definition) is 0. The van der Waals surface area contributed by atoms with E-state index in [1.807, 2.05) is 54.6 Å². The number of esters is 1. The molecule has 0 aliphatic heterocycles. The Labute approximate surface area is 173 Å². The van der Waals surface area contributed by atoms with Gasteiger partial charge in [-0.05, 0) is 36.4 Å². The van der Waals surface area contributed by atoms with Gasteiger partial charge < -0.3 is 14.4 Å². The lowest BCUT2D eigenvalue weighted by Gasteiger charge is -2.20. The van der Waals surface area contributed by atoms with Crippen LogP contribution in [-0.4, -0.2) is 37.1 Å². The number of thiazole rings is 1. The van der Waals surface area contributed by atoms with Gasteiger partial charge in [-0.15, -0.1) is 17.9 Å². The van der Waals surface area contributed by atoms with Crippen LogP contribution in [0.3, 0.4) is 0 Å². The first kappa shape index (κ1) is 20.3. The Balaban J connectivity index is 1.63. The number of carbonyl (C=O) groups is 2. The molecule has 0 unspecified atom stereocenters. The van der Waals surface area contributed by atoms with Gasteiger partial charge in [0.15, 0.2) is 12.3 Å². The van der Waals surface area contributed by atoms with E-state index in [2.05, 4.69) is 11.6 Å². The van der Waals surface area contributed by atoms with Gasteiger partial charge in [0.2, 0.25) is 0 Å². The molecule has 0 radical (unpaired) electrons. The lowest BCUT2D eigenvalue weighted by molar-refractivity contribution is -0.121. The zero-order valence-corrected chi connectivity index (χ0v) is 16.7. The maximum atomic E-state index is 12.5. The number of amides is 1. The van der Waals surface area contributed by atoms with Crippen LogP contribution in [0.15, 0.2) is 72.6 Å². The van der Waals surface area contributed by atoms with Crippen molar-refractivity contribution in [2.45, 2.75) is 0 Å². The van der Waals surface area contributed by atoms with Crippen molar-refractivity contribution >= 4 is 28.9 Å². The van der Waals surface area contributed by atoms with Gasteiger partial charge in [-0.25, -0.2) is 9.78 Å². The maximum absolute atomic E-state index is 12.5. The molecule has 29 heavy (non-hydrogen) atoms. The summed E-state index contributed by atoms with van der Waals surface area (Å²) in [5, 5.41) is 2.30. The Morgan fingerprint density at radius 1 is 1.14 bits per heavy atom. The maximum Gasteiger partial charge on any atom is 0.358 e. The smallest absolute Gasteiger partial charge is 0.358 e. The second kappa shape index (κ2) is 9.66. The van der Waals surface area contributed by atoms with Gasteiger partial charge in [-0.3, -0.25) is 4.79 Å². The summed E-state index contributed by atoms with van der Waals surface area (Å²) in [7, 11) is 1.60. The molecule has 0 saturated heterocycles. The summed E-state index contributed by atoms with van der Waals surface area (Å²) in [5.74, 6) is -0.234. The van der Waals surface area contributed by atoms with Crippen LogP contribution < -0.4 is 9.64 Å². The van der Waals surface area contributed by atoms with Crippen LogP contribution in [0.25, 0.3) is 10.6 Å². The summed E-state index contributed by atoms with van der Waals surface area (Å²) in [4.78, 5) is 30.7. The second-order valence-electron chi connectivity index (χ2n) is 5.97. The van der Waals surface area contributed by atoms with E-state index in [0.717, 1.165) is 11.3 Å². The standard InChI is InChI=1S/C22H20N2O4S/c1-3-13-24(17-7-5-4-6-8-17)20(25)14-28-22(26)19-15-29-21(23-19)16-9-11-18(27-2)12-10-16/h3-12,15H,1,13-14H2,2H3. The molecule has 0 N–H and O–H groups in total. The van der Waals surface area contributed by atoms with E-state index in [0.29, 0.717) is 17.2 Å². The van der Waals surface area contributed by atoms with Crippen LogP contribution in [-0.2, 0) is 9.53 Å². The largest absolute Gasteiger partial charge is 0.497 e. The highest BCUT2D eigenvalue weighted by molar-refractivity contribution is 7.13. The van der Waals surface area contributed by atoms with Gasteiger partial charge in [0.05, 0.1) is 7.11 Å². The number of anilines is 1.